The quantitative estimate of drug-likeness (QED) is 0.407. The number of aliphatic hydroxyl groups excluding tert-OH is 2. The Morgan fingerprint density at radius 2 is 0.931 bits per heavy atom. The molecule has 0 aromatic heterocycles. The van der Waals surface area contributed by atoms with Gasteiger partial charge in [-0.3, -0.25) is 9.59 Å². The van der Waals surface area contributed by atoms with E-state index in [9.17, 15) is 29.4 Å². The van der Waals surface area contributed by atoms with Crippen molar-refractivity contribution < 1.29 is 65.8 Å². The Kier molecular flexibility index (Phi) is 39.0. The second-order valence-corrected chi connectivity index (χ2v) is 5.94. The van der Waals surface area contributed by atoms with Gasteiger partial charge in [0.2, 0.25) is 0 Å². The molecule has 0 saturated heterocycles. The Balaban J connectivity index is -0.0000000907. The van der Waals surface area contributed by atoms with Gasteiger partial charge in [-0.2, -0.15) is 0 Å². The summed E-state index contributed by atoms with van der Waals surface area (Å²) in [5, 5.41) is 36.2. The number of carboxylic acids is 2. The largest absolute Gasteiger partial charge is 2.00 e. The summed E-state index contributed by atoms with van der Waals surface area (Å²) in [6.45, 7) is 10.6. The van der Waals surface area contributed by atoms with Crippen LogP contribution in [0.15, 0.2) is 0 Å². The van der Waals surface area contributed by atoms with Crippen molar-refractivity contribution in [2.75, 3.05) is 13.2 Å². The molecule has 0 aromatic rings. The van der Waals surface area contributed by atoms with E-state index in [2.05, 4.69) is 13.8 Å². The Morgan fingerprint density at radius 3 is 0.931 bits per heavy atom. The molecule has 0 heterocycles. The smallest absolute Gasteiger partial charge is 0.549 e. The van der Waals surface area contributed by atoms with Gasteiger partial charge < -0.3 is 30.0 Å². The standard InChI is InChI=1S/2C6H10O3.2C4H10O.Zr/c2*1-3-5(4(2)7)6(8)9;2*1-2-3-4-5;/h2*5H,3H2,1-2H3,(H,8,9);2*5H,2-4H2,1H3;/q;;;;+2/p-2. The van der Waals surface area contributed by atoms with Gasteiger partial charge in [-0.25, -0.2) is 0 Å². The number of carbonyl (C=O) groups excluding carboxylic acids is 4. The summed E-state index contributed by atoms with van der Waals surface area (Å²) in [7, 11) is 0. The Hall–Kier alpha value is -0.917. The molecule has 170 valence electrons. The normalized spacial score (nSPS) is 10.8. The number of carbonyl (C=O) groups is 4. The number of unbranched alkanes of at least 4 members (excludes halogenated alkanes) is 2. The molecule has 0 aromatic carbocycles. The molecule has 0 fully saturated rings. The Morgan fingerprint density at radius 1 is 0.690 bits per heavy atom. The van der Waals surface area contributed by atoms with Crippen LogP contribution < -0.4 is 10.2 Å². The SMILES string of the molecule is CCC(C(C)=O)C(=O)[O-].CCC(C(C)=O)C(=O)[O-].CCCCO.CCCCO.[Zr+2]. The maximum absolute atomic E-state index is 10.4. The maximum atomic E-state index is 10.4. The van der Waals surface area contributed by atoms with E-state index in [-0.39, 0.29) is 37.8 Å². The molecule has 2 unspecified atom stereocenters. The minimum atomic E-state index is -1.27. The van der Waals surface area contributed by atoms with E-state index in [0.29, 0.717) is 26.1 Å². The van der Waals surface area contributed by atoms with E-state index >= 15 is 0 Å². The first-order valence-electron chi connectivity index (χ1n) is 9.66. The van der Waals surface area contributed by atoms with Crippen molar-refractivity contribution in [3.63, 3.8) is 0 Å². The number of aliphatic hydroxyl groups is 2. The van der Waals surface area contributed by atoms with Crippen LogP contribution in [0, 0.1) is 11.8 Å². The third-order valence-corrected chi connectivity index (χ3v) is 3.39. The zero-order valence-corrected chi connectivity index (χ0v) is 21.1. The first-order chi connectivity index (χ1) is 13.0. The fourth-order valence-corrected chi connectivity index (χ4v) is 1.56. The third kappa shape index (κ3) is 32.0. The van der Waals surface area contributed by atoms with Crippen molar-refractivity contribution in [2.45, 2.75) is 80.1 Å². The van der Waals surface area contributed by atoms with Gasteiger partial charge in [0.1, 0.15) is 11.6 Å². The monoisotopic (exact) mass is 496 g/mol. The van der Waals surface area contributed by atoms with Gasteiger partial charge in [-0.1, -0.05) is 40.5 Å². The van der Waals surface area contributed by atoms with E-state index in [1.54, 1.807) is 13.8 Å². The molecule has 9 heteroatoms. The maximum Gasteiger partial charge on any atom is 2.00 e. The van der Waals surface area contributed by atoms with Gasteiger partial charge in [-0.05, 0) is 39.5 Å². The summed E-state index contributed by atoms with van der Waals surface area (Å²) in [6.07, 6.45) is 4.71. The Bertz CT molecular complexity index is 343. The minimum Gasteiger partial charge on any atom is -0.549 e. The minimum absolute atomic E-state index is 0. The average Bonchev–Trinajstić information content (AvgIpc) is 2.57. The zero-order valence-electron chi connectivity index (χ0n) is 18.7. The summed E-state index contributed by atoms with van der Waals surface area (Å²) in [5.41, 5.74) is 0. The molecule has 0 rings (SSSR count). The van der Waals surface area contributed by atoms with Crippen molar-refractivity contribution in [3.8, 4) is 0 Å². The van der Waals surface area contributed by atoms with E-state index in [1.807, 2.05) is 0 Å². The molecule has 0 amide bonds. The number of rotatable bonds is 10. The van der Waals surface area contributed by atoms with Crippen LogP contribution in [0.2, 0.25) is 0 Å². The molecule has 0 aliphatic carbocycles. The zero-order chi connectivity index (χ0) is 23.1. The third-order valence-electron chi connectivity index (χ3n) is 3.39. The number of hydrogen-bond donors (Lipinski definition) is 2. The predicted octanol–water partition coefficient (Wildman–Crippen LogP) is 0.258. The van der Waals surface area contributed by atoms with Gasteiger partial charge in [-0.15, -0.1) is 0 Å². The summed E-state index contributed by atoms with van der Waals surface area (Å²) < 4.78 is 0. The van der Waals surface area contributed by atoms with E-state index < -0.39 is 23.8 Å². The van der Waals surface area contributed by atoms with Gasteiger partial charge in [0.15, 0.2) is 0 Å². The van der Waals surface area contributed by atoms with Crippen LogP contribution in [0.5, 0.6) is 0 Å². The van der Waals surface area contributed by atoms with Crippen LogP contribution >= 0.6 is 0 Å². The van der Waals surface area contributed by atoms with Gasteiger partial charge in [0.05, 0.1) is 23.8 Å². The molecule has 0 aliphatic heterocycles. The first kappa shape index (κ1) is 38.7. The van der Waals surface area contributed by atoms with Gasteiger partial charge in [0, 0.05) is 13.2 Å². The van der Waals surface area contributed by atoms with Crippen molar-refractivity contribution in [3.05, 3.63) is 0 Å². The number of hydrogen-bond acceptors (Lipinski definition) is 8. The van der Waals surface area contributed by atoms with E-state index in [4.69, 9.17) is 10.2 Å². The van der Waals surface area contributed by atoms with Crippen LogP contribution in [-0.4, -0.2) is 46.9 Å². The number of aliphatic carboxylic acids is 2. The Labute approximate surface area is 194 Å². The van der Waals surface area contributed by atoms with Crippen molar-refractivity contribution in [1.82, 2.24) is 0 Å². The predicted molar refractivity (Wildman–Crippen MR) is 103 cm³/mol. The molecule has 0 aliphatic rings. The second-order valence-electron chi connectivity index (χ2n) is 5.94. The molecular formula is C20H38O8Zr. The summed E-state index contributed by atoms with van der Waals surface area (Å²) in [6, 6.07) is 0. The molecule has 8 nitrogen and oxygen atoms in total. The van der Waals surface area contributed by atoms with Crippen molar-refractivity contribution >= 4 is 23.5 Å². The van der Waals surface area contributed by atoms with E-state index in [0.717, 1.165) is 25.7 Å². The fraction of sp³-hybridized carbons (Fsp3) is 0.800. The number of ketones is 2. The molecular weight excluding hydrogens is 459 g/mol. The van der Waals surface area contributed by atoms with Crippen molar-refractivity contribution in [2.24, 2.45) is 11.8 Å². The molecule has 2 N–H and O–H groups in total. The summed E-state index contributed by atoms with van der Waals surface area (Å²) in [5.74, 6) is -5.04. The van der Waals surface area contributed by atoms with Gasteiger partial charge in [0.25, 0.3) is 0 Å². The molecule has 0 radical (unpaired) electrons. The van der Waals surface area contributed by atoms with Gasteiger partial charge >= 0.3 is 26.2 Å². The molecule has 29 heavy (non-hydrogen) atoms. The summed E-state index contributed by atoms with van der Waals surface area (Å²) in [4.78, 5) is 40.9. The molecule has 2 atom stereocenters. The fourth-order valence-electron chi connectivity index (χ4n) is 1.56. The second kappa shape index (κ2) is 29.3. The van der Waals surface area contributed by atoms with Crippen LogP contribution in [-0.2, 0) is 45.4 Å². The van der Waals surface area contributed by atoms with Crippen LogP contribution in [0.25, 0.3) is 0 Å². The molecule has 0 bridgehead atoms. The average molecular weight is 498 g/mol. The number of Topliss-reactive ketones (excluding diaryl/α,β-unsaturated/α-hetero) is 2. The first-order valence-corrected chi connectivity index (χ1v) is 9.66. The topological polar surface area (TPSA) is 155 Å². The van der Waals surface area contributed by atoms with E-state index in [1.165, 1.54) is 13.8 Å². The van der Waals surface area contributed by atoms with Crippen molar-refractivity contribution in [1.29, 1.82) is 0 Å². The van der Waals surface area contributed by atoms with Crippen LogP contribution in [0.4, 0.5) is 0 Å². The van der Waals surface area contributed by atoms with Crippen LogP contribution in [0.3, 0.4) is 0 Å². The van der Waals surface area contributed by atoms with Crippen LogP contribution in [0.1, 0.15) is 80.1 Å². The number of carboxylic acid groups (broad SMARTS) is 2. The molecule has 0 saturated carbocycles. The summed E-state index contributed by atoms with van der Waals surface area (Å²) >= 11 is 0. The molecule has 0 spiro atoms.